The Morgan fingerprint density at radius 2 is 2.25 bits per heavy atom. The van der Waals surface area contributed by atoms with Crippen LogP contribution in [0.4, 0.5) is 0 Å². The number of nitrogens with two attached hydrogens (primary N) is 1. The van der Waals surface area contributed by atoms with Crippen LogP contribution < -0.4 is 5.73 Å². The predicted molar refractivity (Wildman–Crippen MR) is 53.9 cm³/mol. The molecule has 12 heavy (non-hydrogen) atoms. The van der Waals surface area contributed by atoms with E-state index in [0.29, 0.717) is 11.5 Å². The van der Waals surface area contributed by atoms with Crippen molar-refractivity contribution in [3.63, 3.8) is 0 Å². The predicted octanol–water partition coefficient (Wildman–Crippen LogP) is 1.32. The van der Waals surface area contributed by atoms with E-state index in [0.717, 1.165) is 5.92 Å². The first kappa shape index (κ1) is 8.85. The Hall–Kier alpha value is 0.270. The highest BCUT2D eigenvalue weighted by Gasteiger charge is 2.50. The number of hydrogen-bond donors (Lipinski definition) is 1. The summed E-state index contributed by atoms with van der Waals surface area (Å²) in [6, 6.07) is 0.444. The van der Waals surface area contributed by atoms with Gasteiger partial charge in [0.2, 0.25) is 0 Å². The lowest BCUT2D eigenvalue weighted by Gasteiger charge is -2.28. The largest absolute Gasteiger partial charge is 0.327 e. The number of hydrogen-bond acceptors (Lipinski definition) is 3. The quantitative estimate of drug-likeness (QED) is 0.626. The van der Waals surface area contributed by atoms with Crippen LogP contribution in [0.25, 0.3) is 0 Å². The molecule has 0 radical (unpaired) electrons. The van der Waals surface area contributed by atoms with Crippen LogP contribution in [0.2, 0.25) is 0 Å². The molecule has 2 nitrogen and oxygen atoms in total. The van der Waals surface area contributed by atoms with Crippen LogP contribution in [0.3, 0.4) is 0 Å². The van der Waals surface area contributed by atoms with Crippen LogP contribution >= 0.6 is 11.9 Å². The van der Waals surface area contributed by atoms with Crippen LogP contribution in [-0.4, -0.2) is 29.7 Å². The molecule has 1 aliphatic heterocycles. The first-order chi connectivity index (χ1) is 5.66. The second-order valence-corrected chi connectivity index (χ2v) is 5.27. The molecule has 0 bridgehead atoms. The maximum Gasteiger partial charge on any atom is 0.0161 e. The third kappa shape index (κ3) is 1.10. The SMILES string of the molecule is CSN1C[C@H]2CCC(N)[C@@]2(C)C1. The molecule has 0 aromatic rings. The van der Waals surface area contributed by atoms with E-state index in [1.807, 2.05) is 11.9 Å². The lowest BCUT2D eigenvalue weighted by Crippen LogP contribution is -2.39. The molecule has 0 spiro atoms. The van der Waals surface area contributed by atoms with Crippen LogP contribution in [0.1, 0.15) is 19.8 Å². The fourth-order valence-corrected chi connectivity index (χ4v) is 3.45. The van der Waals surface area contributed by atoms with Crippen molar-refractivity contribution < 1.29 is 0 Å². The van der Waals surface area contributed by atoms with Gasteiger partial charge in [-0.1, -0.05) is 18.9 Å². The van der Waals surface area contributed by atoms with E-state index in [1.165, 1.54) is 25.9 Å². The second-order valence-electron chi connectivity index (χ2n) is 4.39. The lowest BCUT2D eigenvalue weighted by atomic mass is 9.80. The average molecular weight is 186 g/mol. The second kappa shape index (κ2) is 2.89. The van der Waals surface area contributed by atoms with E-state index < -0.39 is 0 Å². The van der Waals surface area contributed by atoms with E-state index in [9.17, 15) is 0 Å². The molecule has 1 unspecified atom stereocenters. The van der Waals surface area contributed by atoms with Gasteiger partial charge in [0.15, 0.2) is 0 Å². The maximum absolute atomic E-state index is 6.14. The van der Waals surface area contributed by atoms with Crippen molar-refractivity contribution in [1.82, 2.24) is 4.31 Å². The van der Waals surface area contributed by atoms with Crippen molar-refractivity contribution in [2.45, 2.75) is 25.8 Å². The zero-order valence-corrected chi connectivity index (χ0v) is 8.73. The summed E-state index contributed by atoms with van der Waals surface area (Å²) in [7, 11) is 0. The zero-order valence-electron chi connectivity index (χ0n) is 7.92. The van der Waals surface area contributed by atoms with Gasteiger partial charge in [0, 0.05) is 24.5 Å². The molecule has 70 valence electrons. The molecule has 0 aromatic carbocycles. The molecule has 2 fully saturated rings. The van der Waals surface area contributed by atoms with Crippen LogP contribution in [0.15, 0.2) is 0 Å². The molecule has 1 aliphatic carbocycles. The summed E-state index contributed by atoms with van der Waals surface area (Å²) in [5, 5.41) is 0. The molecule has 1 saturated heterocycles. The van der Waals surface area contributed by atoms with Crippen molar-refractivity contribution in [2.24, 2.45) is 17.1 Å². The molecule has 3 heteroatoms. The molecule has 0 aromatic heterocycles. The third-order valence-corrected chi connectivity index (χ3v) is 4.60. The van der Waals surface area contributed by atoms with Crippen LogP contribution in [-0.2, 0) is 0 Å². The molecule has 3 atom stereocenters. The zero-order chi connectivity index (χ0) is 8.77. The summed E-state index contributed by atoms with van der Waals surface area (Å²) in [5.74, 6) is 0.861. The Bertz CT molecular complexity index is 185. The minimum atomic E-state index is 0.420. The van der Waals surface area contributed by atoms with Crippen LogP contribution in [0, 0.1) is 11.3 Å². The summed E-state index contributed by atoms with van der Waals surface area (Å²) < 4.78 is 2.46. The monoisotopic (exact) mass is 186 g/mol. The first-order valence-electron chi connectivity index (χ1n) is 4.71. The standard InChI is InChI=1S/C9H18N2S/c1-9-6-11(12-2)5-7(9)3-4-8(9)10/h7-8H,3-6,10H2,1-2H3/t7-,8?,9+/m1/s1. The summed E-state index contributed by atoms with van der Waals surface area (Å²) in [6.07, 6.45) is 4.74. The first-order valence-corrected chi connectivity index (χ1v) is 5.89. The molecule has 0 amide bonds. The van der Waals surface area contributed by atoms with Gasteiger partial charge >= 0.3 is 0 Å². The Morgan fingerprint density at radius 1 is 1.50 bits per heavy atom. The highest BCUT2D eigenvalue weighted by molar-refractivity contribution is 7.96. The van der Waals surface area contributed by atoms with Crippen LogP contribution in [0.5, 0.6) is 0 Å². The summed E-state index contributed by atoms with van der Waals surface area (Å²) in [5.41, 5.74) is 6.55. The van der Waals surface area contributed by atoms with E-state index >= 15 is 0 Å². The van der Waals surface area contributed by atoms with Gasteiger partial charge in [-0.3, -0.25) is 0 Å². The van der Waals surface area contributed by atoms with Crippen molar-refractivity contribution in [3.8, 4) is 0 Å². The minimum Gasteiger partial charge on any atom is -0.327 e. The number of rotatable bonds is 1. The summed E-state index contributed by atoms with van der Waals surface area (Å²) in [4.78, 5) is 0. The average Bonchev–Trinajstić information content (AvgIpc) is 2.50. The maximum atomic E-state index is 6.14. The highest BCUT2D eigenvalue weighted by Crippen LogP contribution is 2.48. The van der Waals surface area contributed by atoms with E-state index in [-0.39, 0.29) is 0 Å². The summed E-state index contributed by atoms with van der Waals surface area (Å²) in [6.45, 7) is 4.82. The number of nitrogens with zero attached hydrogens (tertiary/aromatic N) is 1. The Balaban J connectivity index is 2.12. The fraction of sp³-hybridized carbons (Fsp3) is 1.00. The van der Waals surface area contributed by atoms with Crippen molar-refractivity contribution >= 4 is 11.9 Å². The third-order valence-electron chi connectivity index (χ3n) is 3.81. The lowest BCUT2D eigenvalue weighted by molar-refractivity contribution is 0.266. The van der Waals surface area contributed by atoms with E-state index in [2.05, 4.69) is 17.5 Å². The highest BCUT2D eigenvalue weighted by atomic mass is 32.2. The summed E-state index contributed by atoms with van der Waals surface area (Å²) >= 11 is 1.87. The van der Waals surface area contributed by atoms with Crippen molar-refractivity contribution in [2.75, 3.05) is 19.3 Å². The molecular weight excluding hydrogens is 168 g/mol. The Morgan fingerprint density at radius 3 is 2.83 bits per heavy atom. The smallest absolute Gasteiger partial charge is 0.0161 e. The van der Waals surface area contributed by atoms with Gasteiger partial charge in [-0.15, -0.1) is 0 Å². The molecule has 2 N–H and O–H groups in total. The van der Waals surface area contributed by atoms with Gasteiger partial charge in [-0.05, 0) is 25.0 Å². The molecule has 1 heterocycles. The number of fused-ring (bicyclic) bond motifs is 1. The fourth-order valence-electron chi connectivity index (χ4n) is 2.72. The van der Waals surface area contributed by atoms with Gasteiger partial charge in [-0.2, -0.15) is 0 Å². The normalized spacial score (nSPS) is 48.2. The molecular formula is C9H18N2S. The van der Waals surface area contributed by atoms with E-state index in [4.69, 9.17) is 5.73 Å². The van der Waals surface area contributed by atoms with Gasteiger partial charge in [-0.25, -0.2) is 4.31 Å². The Kier molecular flexibility index (Phi) is 2.13. The van der Waals surface area contributed by atoms with Gasteiger partial charge in [0.05, 0.1) is 0 Å². The topological polar surface area (TPSA) is 29.3 Å². The van der Waals surface area contributed by atoms with Gasteiger partial charge < -0.3 is 5.73 Å². The molecule has 2 rings (SSSR count). The van der Waals surface area contributed by atoms with Crippen molar-refractivity contribution in [1.29, 1.82) is 0 Å². The Labute approximate surface area is 79.0 Å². The van der Waals surface area contributed by atoms with Crippen molar-refractivity contribution in [3.05, 3.63) is 0 Å². The molecule has 2 aliphatic rings. The van der Waals surface area contributed by atoms with Gasteiger partial charge in [0.25, 0.3) is 0 Å². The van der Waals surface area contributed by atoms with E-state index in [1.54, 1.807) is 0 Å². The minimum absolute atomic E-state index is 0.420. The van der Waals surface area contributed by atoms with Gasteiger partial charge in [0.1, 0.15) is 0 Å². The molecule has 1 saturated carbocycles.